The molecule has 0 heterocycles. The first-order chi connectivity index (χ1) is 7.11. The normalized spacial score (nSPS) is 10.7. The van der Waals surface area contributed by atoms with Crippen molar-refractivity contribution < 1.29 is 23.0 Å². The largest absolute Gasteiger partial charge is 0.349 e. The van der Waals surface area contributed by atoms with Gasteiger partial charge in [-0.1, -0.05) is 6.07 Å². The number of Topliss-reactive ketones (excluding diaryl/α,β-unsaturated/α-hetero) is 1. The molecule has 1 rings (SSSR count). The molecule has 0 aliphatic heterocycles. The molecular formula is C10H10F2O3. The number of methoxy groups -OCH3 is 2. The number of carbonyl (C=O) groups is 1. The molecule has 1 aromatic rings. The Kier molecular flexibility index (Phi) is 3.88. The third-order valence-electron chi connectivity index (χ3n) is 1.85. The van der Waals surface area contributed by atoms with Gasteiger partial charge in [-0.15, -0.1) is 0 Å². The third-order valence-corrected chi connectivity index (χ3v) is 1.85. The van der Waals surface area contributed by atoms with Gasteiger partial charge in [-0.25, -0.2) is 8.78 Å². The molecule has 0 spiro atoms. The minimum atomic E-state index is -1.30. The van der Waals surface area contributed by atoms with Crippen molar-refractivity contribution in [2.45, 2.75) is 6.29 Å². The summed E-state index contributed by atoms with van der Waals surface area (Å²) in [4.78, 5) is 11.5. The zero-order chi connectivity index (χ0) is 11.4. The molecule has 15 heavy (non-hydrogen) atoms. The van der Waals surface area contributed by atoms with Crippen molar-refractivity contribution in [3.63, 3.8) is 0 Å². The minimum absolute atomic E-state index is 0.647. The van der Waals surface area contributed by atoms with Gasteiger partial charge < -0.3 is 9.47 Å². The molecule has 0 radical (unpaired) electrons. The molecule has 0 saturated carbocycles. The van der Waals surface area contributed by atoms with E-state index in [0.29, 0.717) is 0 Å². The molecule has 1 aromatic carbocycles. The maximum absolute atomic E-state index is 13.2. The molecule has 0 atom stereocenters. The quantitative estimate of drug-likeness (QED) is 0.568. The lowest BCUT2D eigenvalue weighted by Gasteiger charge is -2.12. The number of halogens is 2. The number of benzene rings is 1. The monoisotopic (exact) mass is 216 g/mol. The Hall–Kier alpha value is -1.33. The van der Waals surface area contributed by atoms with Crippen molar-refractivity contribution in [2.24, 2.45) is 0 Å². The van der Waals surface area contributed by atoms with Crippen molar-refractivity contribution in [1.29, 1.82) is 0 Å². The molecular weight excluding hydrogens is 206 g/mol. The fraction of sp³-hybridized carbons (Fsp3) is 0.300. The molecule has 0 unspecified atom stereocenters. The summed E-state index contributed by atoms with van der Waals surface area (Å²) in [6.07, 6.45) is -1.30. The Morgan fingerprint density at radius 1 is 1.20 bits per heavy atom. The Morgan fingerprint density at radius 2 is 1.67 bits per heavy atom. The molecule has 0 amide bonds. The molecule has 0 aliphatic rings. The first kappa shape index (κ1) is 11.7. The van der Waals surface area contributed by atoms with E-state index >= 15 is 0 Å². The van der Waals surface area contributed by atoms with Crippen LogP contribution in [0.15, 0.2) is 18.2 Å². The van der Waals surface area contributed by atoms with Gasteiger partial charge in [-0.2, -0.15) is 0 Å². The van der Waals surface area contributed by atoms with E-state index in [-0.39, 0.29) is 0 Å². The van der Waals surface area contributed by atoms with E-state index in [4.69, 9.17) is 0 Å². The first-order valence-corrected chi connectivity index (χ1v) is 4.15. The fourth-order valence-corrected chi connectivity index (χ4v) is 1.16. The van der Waals surface area contributed by atoms with Crippen LogP contribution in [0.4, 0.5) is 8.78 Å². The van der Waals surface area contributed by atoms with Gasteiger partial charge in [0, 0.05) is 14.2 Å². The van der Waals surface area contributed by atoms with Crippen LogP contribution in [0.1, 0.15) is 10.4 Å². The summed E-state index contributed by atoms with van der Waals surface area (Å²) in [7, 11) is 2.43. The van der Waals surface area contributed by atoms with Crippen LogP contribution in [0.3, 0.4) is 0 Å². The van der Waals surface area contributed by atoms with E-state index in [0.717, 1.165) is 12.1 Å². The number of hydrogen-bond donors (Lipinski definition) is 0. The fourth-order valence-electron chi connectivity index (χ4n) is 1.16. The summed E-state index contributed by atoms with van der Waals surface area (Å²) in [5.74, 6) is -2.74. The average molecular weight is 216 g/mol. The van der Waals surface area contributed by atoms with Crippen LogP contribution in [0, 0.1) is 11.6 Å². The molecule has 0 N–H and O–H groups in total. The van der Waals surface area contributed by atoms with Gasteiger partial charge in [0.25, 0.3) is 0 Å². The smallest absolute Gasteiger partial charge is 0.224 e. The van der Waals surface area contributed by atoms with Crippen LogP contribution in [0.2, 0.25) is 0 Å². The van der Waals surface area contributed by atoms with Crippen molar-refractivity contribution in [1.82, 2.24) is 0 Å². The van der Waals surface area contributed by atoms with Crippen LogP contribution in [0.5, 0.6) is 0 Å². The predicted molar refractivity (Wildman–Crippen MR) is 48.5 cm³/mol. The lowest BCUT2D eigenvalue weighted by Crippen LogP contribution is -2.26. The summed E-state index contributed by atoms with van der Waals surface area (Å²) >= 11 is 0. The van der Waals surface area contributed by atoms with Gasteiger partial charge in [-0.05, 0) is 12.1 Å². The van der Waals surface area contributed by atoms with Gasteiger partial charge >= 0.3 is 0 Å². The van der Waals surface area contributed by atoms with Crippen LogP contribution in [-0.2, 0) is 9.47 Å². The SMILES string of the molecule is COC(OC)C(=O)c1c(F)cccc1F. The predicted octanol–water partition coefficient (Wildman–Crippen LogP) is 1.77. The molecule has 82 valence electrons. The van der Waals surface area contributed by atoms with E-state index in [9.17, 15) is 13.6 Å². The van der Waals surface area contributed by atoms with E-state index in [2.05, 4.69) is 9.47 Å². The Morgan fingerprint density at radius 3 is 2.07 bits per heavy atom. The lowest BCUT2D eigenvalue weighted by molar-refractivity contribution is -0.0745. The summed E-state index contributed by atoms with van der Waals surface area (Å²) in [6, 6.07) is 3.17. The number of carbonyl (C=O) groups excluding carboxylic acids is 1. The number of ketones is 1. The molecule has 3 nitrogen and oxygen atoms in total. The molecule has 0 aliphatic carbocycles. The molecule has 5 heteroatoms. The minimum Gasteiger partial charge on any atom is -0.349 e. The zero-order valence-electron chi connectivity index (χ0n) is 8.29. The zero-order valence-corrected chi connectivity index (χ0v) is 8.29. The van der Waals surface area contributed by atoms with Crippen molar-refractivity contribution in [3.8, 4) is 0 Å². The molecule has 0 bridgehead atoms. The van der Waals surface area contributed by atoms with E-state index in [1.807, 2.05) is 0 Å². The maximum Gasteiger partial charge on any atom is 0.224 e. The topological polar surface area (TPSA) is 35.5 Å². The van der Waals surface area contributed by atoms with Crippen LogP contribution in [-0.4, -0.2) is 26.3 Å². The van der Waals surface area contributed by atoms with Gasteiger partial charge in [-0.3, -0.25) is 4.79 Å². The van der Waals surface area contributed by atoms with E-state index < -0.39 is 29.3 Å². The Bertz CT molecular complexity index is 341. The highest BCUT2D eigenvalue weighted by atomic mass is 19.1. The van der Waals surface area contributed by atoms with Gasteiger partial charge in [0.05, 0.1) is 5.56 Å². The lowest BCUT2D eigenvalue weighted by atomic mass is 10.1. The second-order valence-corrected chi connectivity index (χ2v) is 2.76. The number of ether oxygens (including phenoxy) is 2. The third kappa shape index (κ3) is 2.37. The van der Waals surface area contributed by atoms with Crippen molar-refractivity contribution in [2.75, 3.05) is 14.2 Å². The summed E-state index contributed by atoms with van der Waals surface area (Å²) < 4.78 is 35.6. The highest BCUT2D eigenvalue weighted by Crippen LogP contribution is 2.15. The highest BCUT2D eigenvalue weighted by Gasteiger charge is 2.25. The van der Waals surface area contributed by atoms with Gasteiger partial charge in [0.1, 0.15) is 11.6 Å². The molecule has 0 aromatic heterocycles. The van der Waals surface area contributed by atoms with E-state index in [1.54, 1.807) is 0 Å². The van der Waals surface area contributed by atoms with Gasteiger partial charge in [0.15, 0.2) is 0 Å². The highest BCUT2D eigenvalue weighted by molar-refractivity contribution is 5.99. The van der Waals surface area contributed by atoms with Crippen molar-refractivity contribution >= 4 is 5.78 Å². The Labute approximate surface area is 85.6 Å². The second-order valence-electron chi connectivity index (χ2n) is 2.76. The summed E-state index contributed by atoms with van der Waals surface area (Å²) in [5.41, 5.74) is -0.647. The summed E-state index contributed by atoms with van der Waals surface area (Å²) in [6.45, 7) is 0. The maximum atomic E-state index is 13.2. The molecule has 0 fully saturated rings. The Balaban J connectivity index is 3.10. The standard InChI is InChI=1S/C10H10F2O3/c1-14-10(15-2)9(13)8-6(11)4-3-5-7(8)12/h3-5,10H,1-2H3. The van der Waals surface area contributed by atoms with Crippen LogP contribution < -0.4 is 0 Å². The van der Waals surface area contributed by atoms with Crippen molar-refractivity contribution in [3.05, 3.63) is 35.4 Å². The van der Waals surface area contributed by atoms with E-state index in [1.165, 1.54) is 20.3 Å². The average Bonchev–Trinajstić information content (AvgIpc) is 2.19. The number of rotatable bonds is 4. The summed E-state index contributed by atoms with van der Waals surface area (Å²) in [5, 5.41) is 0. The van der Waals surface area contributed by atoms with Crippen LogP contribution in [0.25, 0.3) is 0 Å². The number of hydrogen-bond acceptors (Lipinski definition) is 3. The second kappa shape index (κ2) is 4.95. The van der Waals surface area contributed by atoms with Gasteiger partial charge in [0.2, 0.25) is 12.1 Å². The molecule has 0 saturated heterocycles. The first-order valence-electron chi connectivity index (χ1n) is 4.15. The van der Waals surface area contributed by atoms with Crippen LogP contribution >= 0.6 is 0 Å².